The molecular weight excluding hydrogens is 276 g/mol. The molecular formula is C18H28N2O2. The molecule has 0 unspecified atom stereocenters. The highest BCUT2D eigenvalue weighted by Gasteiger charge is 2.33. The normalized spacial score (nSPS) is 15.2. The maximum atomic E-state index is 12.6. The van der Waals surface area contributed by atoms with Crippen molar-refractivity contribution in [1.29, 1.82) is 0 Å². The molecule has 0 atom stereocenters. The van der Waals surface area contributed by atoms with Crippen LogP contribution in [0.15, 0.2) is 24.3 Å². The van der Waals surface area contributed by atoms with Gasteiger partial charge in [-0.3, -0.25) is 9.69 Å². The Bertz CT molecular complexity index is 501. The molecule has 1 fully saturated rings. The first kappa shape index (κ1) is 17.0. The Morgan fingerprint density at radius 1 is 1.27 bits per heavy atom. The van der Waals surface area contributed by atoms with Crippen molar-refractivity contribution >= 4 is 5.91 Å². The zero-order valence-electron chi connectivity index (χ0n) is 14.2. The Labute approximate surface area is 133 Å². The van der Waals surface area contributed by atoms with E-state index >= 15 is 0 Å². The number of benzene rings is 1. The molecule has 0 bridgehead atoms. The smallest absolute Gasteiger partial charge is 0.237 e. The number of hydrogen-bond donors (Lipinski definition) is 1. The number of likely N-dealkylation sites (N-methyl/N-ethyl adjacent to an activating group) is 1. The van der Waals surface area contributed by atoms with Gasteiger partial charge in [-0.2, -0.15) is 0 Å². The van der Waals surface area contributed by atoms with Crippen LogP contribution < -0.4 is 0 Å². The van der Waals surface area contributed by atoms with Crippen LogP contribution >= 0.6 is 0 Å². The molecule has 0 spiro atoms. The van der Waals surface area contributed by atoms with Gasteiger partial charge in [-0.15, -0.1) is 0 Å². The third-order valence-electron chi connectivity index (χ3n) is 3.84. The quantitative estimate of drug-likeness (QED) is 0.840. The van der Waals surface area contributed by atoms with Gasteiger partial charge in [0.25, 0.3) is 0 Å². The molecule has 1 amide bonds. The van der Waals surface area contributed by atoms with E-state index in [1.807, 2.05) is 16.8 Å². The predicted molar refractivity (Wildman–Crippen MR) is 88.5 cm³/mol. The summed E-state index contributed by atoms with van der Waals surface area (Å²) in [4.78, 5) is 16.5. The van der Waals surface area contributed by atoms with E-state index in [1.54, 1.807) is 13.8 Å². The molecule has 22 heavy (non-hydrogen) atoms. The standard InChI is InChI=1S/C18H28N2O2/c1-14-5-7-15(8-6-14)11-20(16-9-10-16)17(21)12-19(4)13-18(2,3)22/h5-8,16,22H,9-13H2,1-4H3. The fraction of sp³-hybridized carbons (Fsp3) is 0.611. The van der Waals surface area contributed by atoms with Gasteiger partial charge >= 0.3 is 0 Å². The van der Waals surface area contributed by atoms with Crippen LogP contribution in [0.2, 0.25) is 0 Å². The van der Waals surface area contributed by atoms with Crippen LogP contribution in [0.5, 0.6) is 0 Å². The van der Waals surface area contributed by atoms with Crippen molar-refractivity contribution in [2.45, 2.75) is 51.8 Å². The second-order valence-electron chi connectivity index (χ2n) is 7.22. The van der Waals surface area contributed by atoms with E-state index in [0.29, 0.717) is 25.7 Å². The highest BCUT2D eigenvalue weighted by atomic mass is 16.3. The molecule has 1 aliphatic rings. The third-order valence-corrected chi connectivity index (χ3v) is 3.84. The van der Waals surface area contributed by atoms with Gasteiger partial charge in [0.05, 0.1) is 12.1 Å². The van der Waals surface area contributed by atoms with Crippen LogP contribution in [0, 0.1) is 6.92 Å². The Kier molecular flexibility index (Phi) is 5.24. The Hall–Kier alpha value is -1.39. The minimum atomic E-state index is -0.781. The molecule has 0 saturated heterocycles. The number of rotatable bonds is 7. The van der Waals surface area contributed by atoms with E-state index in [2.05, 4.69) is 31.2 Å². The maximum Gasteiger partial charge on any atom is 0.237 e. The summed E-state index contributed by atoms with van der Waals surface area (Å²) in [7, 11) is 1.88. The van der Waals surface area contributed by atoms with Gasteiger partial charge in [0.2, 0.25) is 5.91 Å². The summed E-state index contributed by atoms with van der Waals surface area (Å²) in [6, 6.07) is 8.76. The number of aryl methyl sites for hydroxylation is 1. The van der Waals surface area contributed by atoms with Gasteiger partial charge in [0.1, 0.15) is 0 Å². The van der Waals surface area contributed by atoms with E-state index in [9.17, 15) is 9.90 Å². The van der Waals surface area contributed by atoms with Crippen molar-refractivity contribution in [3.8, 4) is 0 Å². The van der Waals surface area contributed by atoms with Crippen molar-refractivity contribution in [1.82, 2.24) is 9.80 Å². The van der Waals surface area contributed by atoms with E-state index in [4.69, 9.17) is 0 Å². The molecule has 4 nitrogen and oxygen atoms in total. The predicted octanol–water partition coefficient (Wildman–Crippen LogP) is 2.19. The molecule has 122 valence electrons. The third kappa shape index (κ3) is 5.43. The van der Waals surface area contributed by atoms with Crippen LogP contribution in [-0.2, 0) is 11.3 Å². The largest absolute Gasteiger partial charge is 0.389 e. The zero-order valence-corrected chi connectivity index (χ0v) is 14.2. The number of carbonyl (C=O) groups excluding carboxylic acids is 1. The van der Waals surface area contributed by atoms with E-state index in [1.165, 1.54) is 11.1 Å². The Balaban J connectivity index is 1.95. The first-order valence-corrected chi connectivity index (χ1v) is 8.00. The summed E-state index contributed by atoms with van der Waals surface area (Å²) in [5.74, 6) is 0.148. The van der Waals surface area contributed by atoms with Crippen molar-refractivity contribution in [2.24, 2.45) is 0 Å². The SMILES string of the molecule is Cc1ccc(CN(C(=O)CN(C)CC(C)(C)O)C2CC2)cc1. The van der Waals surface area contributed by atoms with Crippen LogP contribution in [0.25, 0.3) is 0 Å². The van der Waals surface area contributed by atoms with Crippen LogP contribution in [0.1, 0.15) is 37.8 Å². The van der Waals surface area contributed by atoms with Gasteiger partial charge in [-0.25, -0.2) is 0 Å². The summed E-state index contributed by atoms with van der Waals surface area (Å²) < 4.78 is 0. The molecule has 1 saturated carbocycles. The molecule has 1 aliphatic carbocycles. The van der Waals surface area contributed by atoms with Gasteiger partial charge in [0, 0.05) is 19.1 Å². The Morgan fingerprint density at radius 2 is 1.86 bits per heavy atom. The van der Waals surface area contributed by atoms with Crippen molar-refractivity contribution in [2.75, 3.05) is 20.1 Å². The molecule has 1 aromatic carbocycles. The summed E-state index contributed by atoms with van der Waals surface area (Å²) in [5.41, 5.74) is 1.63. The zero-order chi connectivity index (χ0) is 16.3. The minimum absolute atomic E-state index is 0.148. The molecule has 0 heterocycles. The first-order chi connectivity index (χ1) is 10.2. The van der Waals surface area contributed by atoms with Gasteiger partial charge in [0.15, 0.2) is 0 Å². The van der Waals surface area contributed by atoms with Crippen LogP contribution in [0.4, 0.5) is 0 Å². The number of nitrogens with zero attached hydrogens (tertiary/aromatic N) is 2. The lowest BCUT2D eigenvalue weighted by Gasteiger charge is -2.28. The number of carbonyl (C=O) groups is 1. The summed E-state index contributed by atoms with van der Waals surface area (Å²) in [6.45, 7) is 7.12. The number of aliphatic hydroxyl groups is 1. The van der Waals surface area contributed by atoms with Crippen molar-refractivity contribution in [3.63, 3.8) is 0 Å². The molecule has 1 N–H and O–H groups in total. The minimum Gasteiger partial charge on any atom is -0.389 e. The van der Waals surface area contributed by atoms with Crippen molar-refractivity contribution in [3.05, 3.63) is 35.4 Å². The second kappa shape index (κ2) is 6.80. The fourth-order valence-corrected chi connectivity index (χ4v) is 2.74. The lowest BCUT2D eigenvalue weighted by Crippen LogP contribution is -2.44. The second-order valence-corrected chi connectivity index (χ2v) is 7.22. The molecule has 1 aromatic rings. The average Bonchev–Trinajstić information content (AvgIpc) is 3.19. The van der Waals surface area contributed by atoms with Crippen molar-refractivity contribution < 1.29 is 9.90 Å². The van der Waals surface area contributed by atoms with Gasteiger partial charge < -0.3 is 10.0 Å². The Morgan fingerprint density at radius 3 is 2.36 bits per heavy atom. The number of amides is 1. The van der Waals surface area contributed by atoms with E-state index in [-0.39, 0.29) is 5.91 Å². The van der Waals surface area contributed by atoms with Gasteiger partial charge in [-0.1, -0.05) is 29.8 Å². The van der Waals surface area contributed by atoms with E-state index < -0.39 is 5.60 Å². The monoisotopic (exact) mass is 304 g/mol. The molecule has 4 heteroatoms. The summed E-state index contributed by atoms with van der Waals surface area (Å²) >= 11 is 0. The highest BCUT2D eigenvalue weighted by Crippen LogP contribution is 2.28. The molecule has 0 aliphatic heterocycles. The lowest BCUT2D eigenvalue weighted by atomic mass is 10.1. The molecule has 0 aromatic heterocycles. The summed E-state index contributed by atoms with van der Waals surface area (Å²) in [5, 5.41) is 9.86. The molecule has 2 rings (SSSR count). The average molecular weight is 304 g/mol. The van der Waals surface area contributed by atoms with Crippen LogP contribution in [0.3, 0.4) is 0 Å². The maximum absolute atomic E-state index is 12.6. The first-order valence-electron chi connectivity index (χ1n) is 8.00. The number of hydrogen-bond acceptors (Lipinski definition) is 3. The summed E-state index contributed by atoms with van der Waals surface area (Å²) in [6.07, 6.45) is 2.21. The van der Waals surface area contributed by atoms with Crippen LogP contribution in [-0.4, -0.2) is 52.6 Å². The fourth-order valence-electron chi connectivity index (χ4n) is 2.74. The topological polar surface area (TPSA) is 43.8 Å². The van der Waals surface area contributed by atoms with E-state index in [0.717, 1.165) is 12.8 Å². The molecule has 0 radical (unpaired) electrons. The lowest BCUT2D eigenvalue weighted by molar-refractivity contribution is -0.133. The van der Waals surface area contributed by atoms with Gasteiger partial charge in [-0.05, 0) is 46.2 Å². The highest BCUT2D eigenvalue weighted by molar-refractivity contribution is 5.79.